The van der Waals surface area contributed by atoms with Crippen molar-refractivity contribution in [3.8, 4) is 0 Å². The minimum Gasteiger partial charge on any atom is -0.462 e. The van der Waals surface area contributed by atoms with E-state index in [1.807, 2.05) is 13.8 Å². The van der Waals surface area contributed by atoms with E-state index in [0.717, 1.165) is 11.3 Å². The topological polar surface area (TPSA) is 117 Å². The number of rotatable bonds is 11. The summed E-state index contributed by atoms with van der Waals surface area (Å²) in [6.45, 7) is 7.72. The molecule has 9 nitrogen and oxygen atoms in total. The number of amides is 3. The Hall–Kier alpha value is -3.24. The maximum Gasteiger partial charge on any atom is 0.341 e. The molecule has 0 aliphatic heterocycles. The fraction of sp³-hybridized carbons (Fsp3) is 0.391. The van der Waals surface area contributed by atoms with Gasteiger partial charge in [0.05, 0.1) is 25.3 Å². The summed E-state index contributed by atoms with van der Waals surface area (Å²) in [5.41, 5.74) is 1.56. The molecule has 0 spiro atoms. The molecular formula is C23H30N4O5S. The van der Waals surface area contributed by atoms with Gasteiger partial charge in [-0.3, -0.25) is 19.3 Å². The summed E-state index contributed by atoms with van der Waals surface area (Å²) in [4.78, 5) is 51.0. The third-order valence-corrected chi connectivity index (χ3v) is 5.75. The van der Waals surface area contributed by atoms with Gasteiger partial charge in [-0.1, -0.05) is 13.8 Å². The molecule has 0 radical (unpaired) electrons. The van der Waals surface area contributed by atoms with Crippen LogP contribution in [0.1, 0.15) is 42.9 Å². The van der Waals surface area contributed by atoms with Crippen molar-refractivity contribution < 1.29 is 23.9 Å². The molecule has 0 fully saturated rings. The van der Waals surface area contributed by atoms with Gasteiger partial charge >= 0.3 is 5.97 Å². The van der Waals surface area contributed by atoms with E-state index in [9.17, 15) is 19.2 Å². The number of carbonyl (C=O) groups excluding carboxylic acids is 4. The molecule has 2 rings (SSSR count). The number of nitrogens with one attached hydrogen (secondary N) is 3. The van der Waals surface area contributed by atoms with Crippen molar-refractivity contribution in [2.45, 2.75) is 34.1 Å². The maximum absolute atomic E-state index is 12.6. The number of hydrogen-bond acceptors (Lipinski definition) is 7. The summed E-state index contributed by atoms with van der Waals surface area (Å²) < 4.78 is 5.08. The SMILES string of the molecule is CCOC(=O)c1cc(CC)sc1NC(=O)CN(CC)CC(=O)Nc1ccc(NC(C)=O)cc1. The van der Waals surface area contributed by atoms with Crippen LogP contribution in [0.2, 0.25) is 0 Å². The Morgan fingerprint density at radius 3 is 2.00 bits per heavy atom. The molecule has 1 aromatic carbocycles. The van der Waals surface area contributed by atoms with Gasteiger partial charge in [0.15, 0.2) is 0 Å². The number of anilines is 3. The van der Waals surface area contributed by atoms with Crippen LogP contribution in [0.5, 0.6) is 0 Å². The van der Waals surface area contributed by atoms with E-state index in [0.29, 0.717) is 28.5 Å². The van der Waals surface area contributed by atoms with E-state index >= 15 is 0 Å². The molecule has 2 aromatic rings. The Balaban J connectivity index is 1.94. The zero-order chi connectivity index (χ0) is 24.4. The number of likely N-dealkylation sites (N-methyl/N-ethyl adjacent to an activating group) is 1. The Kier molecular flexibility index (Phi) is 10.0. The predicted molar refractivity (Wildman–Crippen MR) is 130 cm³/mol. The van der Waals surface area contributed by atoms with Crippen LogP contribution in [-0.4, -0.2) is 54.8 Å². The van der Waals surface area contributed by atoms with E-state index in [1.165, 1.54) is 18.3 Å². The number of thiophene rings is 1. The van der Waals surface area contributed by atoms with Crippen molar-refractivity contribution in [3.05, 3.63) is 40.8 Å². The Morgan fingerprint density at radius 1 is 0.909 bits per heavy atom. The monoisotopic (exact) mass is 474 g/mol. The smallest absolute Gasteiger partial charge is 0.341 e. The van der Waals surface area contributed by atoms with Gasteiger partial charge in [-0.15, -0.1) is 11.3 Å². The highest BCUT2D eigenvalue weighted by atomic mass is 32.1. The number of benzene rings is 1. The van der Waals surface area contributed by atoms with E-state index in [-0.39, 0.29) is 37.4 Å². The highest BCUT2D eigenvalue weighted by Gasteiger charge is 2.20. The Morgan fingerprint density at radius 2 is 1.48 bits per heavy atom. The van der Waals surface area contributed by atoms with Crippen LogP contribution >= 0.6 is 11.3 Å². The first kappa shape index (κ1) is 26.0. The minimum atomic E-state index is -0.472. The van der Waals surface area contributed by atoms with Crippen molar-refractivity contribution in [2.75, 3.05) is 42.2 Å². The number of ether oxygens (including phenoxy) is 1. The van der Waals surface area contributed by atoms with Crippen LogP contribution in [0.15, 0.2) is 30.3 Å². The normalized spacial score (nSPS) is 10.6. The number of nitrogens with zero attached hydrogens (tertiary/aromatic N) is 1. The lowest BCUT2D eigenvalue weighted by Crippen LogP contribution is -2.38. The highest BCUT2D eigenvalue weighted by molar-refractivity contribution is 7.16. The molecule has 178 valence electrons. The molecule has 3 N–H and O–H groups in total. The lowest BCUT2D eigenvalue weighted by Gasteiger charge is -2.19. The summed E-state index contributed by atoms with van der Waals surface area (Å²) in [6, 6.07) is 8.49. The standard InChI is InChI=1S/C23H30N4O5S/c1-5-18-12-19(23(31)32-7-3)22(33-18)26-21(30)14-27(6-2)13-20(29)25-17-10-8-16(9-11-17)24-15(4)28/h8-12H,5-7,13-14H2,1-4H3,(H,24,28)(H,25,29)(H,26,30). The van der Waals surface area contributed by atoms with Crippen LogP contribution < -0.4 is 16.0 Å². The summed E-state index contributed by atoms with van der Waals surface area (Å²) in [5.74, 6) is -1.24. The van der Waals surface area contributed by atoms with Crippen LogP contribution in [0.25, 0.3) is 0 Å². The first-order valence-corrected chi connectivity index (χ1v) is 11.6. The van der Waals surface area contributed by atoms with Gasteiger partial charge in [0.2, 0.25) is 17.7 Å². The largest absolute Gasteiger partial charge is 0.462 e. The average molecular weight is 475 g/mol. The summed E-state index contributed by atoms with van der Waals surface area (Å²) in [5, 5.41) is 8.67. The molecule has 0 saturated carbocycles. The summed E-state index contributed by atoms with van der Waals surface area (Å²) >= 11 is 1.34. The number of hydrogen-bond donors (Lipinski definition) is 3. The third-order valence-electron chi connectivity index (χ3n) is 4.55. The van der Waals surface area contributed by atoms with Gasteiger partial charge in [0.1, 0.15) is 5.00 Å². The fourth-order valence-corrected chi connectivity index (χ4v) is 3.96. The van der Waals surface area contributed by atoms with Gasteiger partial charge in [0.25, 0.3) is 0 Å². The van der Waals surface area contributed by atoms with Crippen LogP contribution in [-0.2, 0) is 25.5 Å². The maximum atomic E-state index is 12.6. The van der Waals surface area contributed by atoms with Crippen LogP contribution in [0.3, 0.4) is 0 Å². The first-order valence-electron chi connectivity index (χ1n) is 10.7. The molecule has 0 bridgehead atoms. The molecule has 0 aliphatic rings. The van der Waals surface area contributed by atoms with Gasteiger partial charge in [0, 0.05) is 23.2 Å². The highest BCUT2D eigenvalue weighted by Crippen LogP contribution is 2.29. The first-order chi connectivity index (χ1) is 15.7. The lowest BCUT2D eigenvalue weighted by molar-refractivity contribution is -0.120. The van der Waals surface area contributed by atoms with E-state index in [2.05, 4.69) is 16.0 Å². The summed E-state index contributed by atoms with van der Waals surface area (Å²) in [6.07, 6.45) is 0.736. The second-order valence-corrected chi connectivity index (χ2v) is 8.32. The molecule has 33 heavy (non-hydrogen) atoms. The second kappa shape index (κ2) is 12.7. The van der Waals surface area contributed by atoms with Gasteiger partial charge in [-0.05, 0) is 50.2 Å². The molecule has 0 unspecified atom stereocenters. The van der Waals surface area contributed by atoms with Gasteiger partial charge < -0.3 is 20.7 Å². The van der Waals surface area contributed by atoms with Crippen molar-refractivity contribution in [2.24, 2.45) is 0 Å². The average Bonchev–Trinajstić information content (AvgIpc) is 3.17. The molecule has 1 aromatic heterocycles. The fourth-order valence-electron chi connectivity index (χ4n) is 2.96. The van der Waals surface area contributed by atoms with Crippen LogP contribution in [0.4, 0.5) is 16.4 Å². The van der Waals surface area contributed by atoms with E-state index in [1.54, 1.807) is 42.2 Å². The third kappa shape index (κ3) is 8.32. The molecule has 0 saturated heterocycles. The molecule has 3 amide bonds. The van der Waals surface area contributed by atoms with Crippen molar-refractivity contribution in [1.29, 1.82) is 0 Å². The van der Waals surface area contributed by atoms with E-state index in [4.69, 9.17) is 4.74 Å². The number of carbonyl (C=O) groups is 4. The predicted octanol–water partition coefficient (Wildman–Crippen LogP) is 3.34. The summed E-state index contributed by atoms with van der Waals surface area (Å²) in [7, 11) is 0. The van der Waals surface area contributed by atoms with Crippen molar-refractivity contribution >= 4 is 51.4 Å². The zero-order valence-electron chi connectivity index (χ0n) is 19.3. The van der Waals surface area contributed by atoms with Crippen LogP contribution in [0, 0.1) is 0 Å². The Bertz CT molecular complexity index is 987. The molecule has 0 aliphatic carbocycles. The molecular weight excluding hydrogens is 444 g/mol. The van der Waals surface area contributed by atoms with Gasteiger partial charge in [-0.25, -0.2) is 4.79 Å². The quantitative estimate of drug-likeness (QED) is 0.430. The number of aryl methyl sites for hydroxylation is 1. The number of esters is 1. The zero-order valence-corrected chi connectivity index (χ0v) is 20.1. The molecule has 10 heteroatoms. The van der Waals surface area contributed by atoms with E-state index < -0.39 is 5.97 Å². The van der Waals surface area contributed by atoms with Crippen molar-refractivity contribution in [1.82, 2.24) is 4.90 Å². The lowest BCUT2D eigenvalue weighted by atomic mass is 10.2. The second-order valence-electron chi connectivity index (χ2n) is 7.19. The Labute approximate surface area is 197 Å². The molecule has 0 atom stereocenters. The van der Waals surface area contributed by atoms with Gasteiger partial charge in [-0.2, -0.15) is 0 Å². The molecule has 1 heterocycles. The van der Waals surface area contributed by atoms with Crippen molar-refractivity contribution in [3.63, 3.8) is 0 Å². The minimum absolute atomic E-state index is 0.00693.